The van der Waals surface area contributed by atoms with Crippen LogP contribution in [0.15, 0.2) is 48.1 Å². The molecule has 0 aliphatic carbocycles. The van der Waals surface area contributed by atoms with Crippen molar-refractivity contribution in [3.63, 3.8) is 0 Å². The number of rotatable bonds is 7. The maximum absolute atomic E-state index is 12.5. The minimum absolute atomic E-state index is 0. The van der Waals surface area contributed by atoms with Gasteiger partial charge < -0.3 is 17.0 Å². The van der Waals surface area contributed by atoms with Crippen LogP contribution in [0, 0.1) is 24.0 Å². The number of carbonyl (C=O) groups excluding carboxylic acids is 1. The first-order valence-electron chi connectivity index (χ1n) is 9.20. The number of Topliss-reactive ketones (excluding diaryl/α,β-unsaturated/α-hetero) is 1. The molecule has 0 fully saturated rings. The van der Waals surface area contributed by atoms with E-state index in [-0.39, 0.29) is 35.0 Å². The first-order chi connectivity index (χ1) is 14.4. The van der Waals surface area contributed by atoms with Crippen molar-refractivity contribution in [2.24, 2.45) is 0 Å². The van der Waals surface area contributed by atoms with Crippen LogP contribution < -0.4 is 21.5 Å². The molecule has 1 N–H and O–H groups in total. The second kappa shape index (κ2) is 9.31. The number of aryl methyl sites for hydroxylation is 2. The molecule has 0 bridgehead atoms. The van der Waals surface area contributed by atoms with Crippen LogP contribution in [0.2, 0.25) is 0 Å². The van der Waals surface area contributed by atoms with Crippen molar-refractivity contribution in [3.8, 4) is 11.3 Å². The van der Waals surface area contributed by atoms with E-state index in [1.807, 2.05) is 49.0 Å². The number of pyridine rings is 1. The van der Waals surface area contributed by atoms with Gasteiger partial charge in [-0.05, 0) is 32.0 Å². The summed E-state index contributed by atoms with van der Waals surface area (Å²) in [5.41, 5.74) is 4.53. The summed E-state index contributed by atoms with van der Waals surface area (Å²) in [5, 5.41) is 24.1. The highest BCUT2D eigenvalue weighted by Gasteiger charge is 2.19. The number of nitrogens with one attached hydrogen (secondary N) is 1. The molecule has 0 atom stereocenters. The lowest BCUT2D eigenvalue weighted by Crippen LogP contribution is -3.00. The van der Waals surface area contributed by atoms with E-state index in [0.29, 0.717) is 11.4 Å². The predicted octanol–water partition coefficient (Wildman–Crippen LogP) is 0.0824. The zero-order valence-corrected chi connectivity index (χ0v) is 19.2. The second-order valence-corrected chi connectivity index (χ2v) is 7.89. The maximum Gasteiger partial charge on any atom is 0.280 e. The van der Waals surface area contributed by atoms with E-state index in [2.05, 4.69) is 15.3 Å². The third-order valence-corrected chi connectivity index (χ3v) is 5.56. The molecule has 160 valence electrons. The van der Waals surface area contributed by atoms with Crippen molar-refractivity contribution >= 4 is 22.8 Å². The molecule has 0 saturated carbocycles. The van der Waals surface area contributed by atoms with E-state index >= 15 is 0 Å². The van der Waals surface area contributed by atoms with E-state index in [1.165, 1.54) is 11.4 Å². The molecule has 0 saturated heterocycles. The lowest BCUT2D eigenvalue weighted by atomic mass is 10.2. The van der Waals surface area contributed by atoms with Gasteiger partial charge in [-0.3, -0.25) is 24.7 Å². The van der Waals surface area contributed by atoms with E-state index in [9.17, 15) is 14.9 Å². The van der Waals surface area contributed by atoms with Crippen molar-refractivity contribution in [1.29, 1.82) is 0 Å². The van der Waals surface area contributed by atoms with Crippen molar-refractivity contribution < 1.29 is 31.3 Å². The van der Waals surface area contributed by atoms with Gasteiger partial charge >= 0.3 is 0 Å². The summed E-state index contributed by atoms with van der Waals surface area (Å²) >= 11 is 1.08. The zero-order valence-electron chi connectivity index (χ0n) is 16.8. The summed E-state index contributed by atoms with van der Waals surface area (Å²) in [5.74, 6) is -0.178. The number of thiophene rings is 1. The smallest absolute Gasteiger partial charge is 0.280 e. The van der Waals surface area contributed by atoms with E-state index in [1.54, 1.807) is 10.8 Å². The van der Waals surface area contributed by atoms with Crippen LogP contribution in [0.4, 0.5) is 5.69 Å². The van der Waals surface area contributed by atoms with Gasteiger partial charge in [0.15, 0.2) is 12.4 Å². The molecule has 0 unspecified atom stereocenters. The number of nitrogens with zero attached hydrogens (tertiary/aromatic N) is 5. The Morgan fingerprint density at radius 1 is 1.32 bits per heavy atom. The van der Waals surface area contributed by atoms with Crippen LogP contribution in [0.5, 0.6) is 0 Å². The van der Waals surface area contributed by atoms with Crippen LogP contribution in [0.1, 0.15) is 26.8 Å². The molecule has 0 aliphatic rings. The Hall–Kier alpha value is -3.18. The van der Waals surface area contributed by atoms with E-state index < -0.39 is 4.92 Å². The first-order valence-corrected chi connectivity index (χ1v) is 10.1. The van der Waals surface area contributed by atoms with Crippen molar-refractivity contribution in [2.45, 2.75) is 26.9 Å². The number of hydrogen-bond donors (Lipinski definition) is 1. The number of hydrogen-bond acceptors (Lipinski definition) is 6. The van der Waals surface area contributed by atoms with Gasteiger partial charge in [-0.25, -0.2) is 0 Å². The number of aromatic amines is 1. The second-order valence-electron chi connectivity index (χ2n) is 6.98. The topological polar surface area (TPSA) is 111 Å². The molecular formula is C20H19BrN6O3S. The number of H-pyrrole nitrogens is 1. The van der Waals surface area contributed by atoms with Gasteiger partial charge in [0.2, 0.25) is 12.3 Å². The van der Waals surface area contributed by atoms with Crippen LogP contribution in [-0.2, 0) is 13.1 Å². The largest absolute Gasteiger partial charge is 1.00 e. The summed E-state index contributed by atoms with van der Waals surface area (Å²) in [6.45, 7) is 4.65. The van der Waals surface area contributed by atoms with Crippen LogP contribution in [0.3, 0.4) is 0 Å². The summed E-state index contributed by atoms with van der Waals surface area (Å²) in [4.78, 5) is 23.2. The minimum Gasteiger partial charge on any atom is -1.00 e. The number of carbonyl (C=O) groups is 1. The van der Waals surface area contributed by atoms with Crippen molar-refractivity contribution in [3.05, 3.63) is 80.2 Å². The molecule has 0 amide bonds. The number of ketones is 1. The van der Waals surface area contributed by atoms with Gasteiger partial charge in [-0.15, -0.1) is 11.3 Å². The molecule has 0 aromatic carbocycles. The standard InChI is InChI=1S/C20H19N6O3S.BrH/c1-13-6-14(2)25(23-13)10-16-7-18(22-21-16)15-4-3-5-24(9-15)11-19(27)20-8-17(12-30-20)26(28)29;/h3-9,12H,10-11H2,1-2H3,(H,21,22);1H/q+1;/p-1. The Balaban J connectivity index is 0.00000272. The summed E-state index contributed by atoms with van der Waals surface area (Å²) in [7, 11) is 0. The SMILES string of the molecule is Cc1cc(C)n(Cc2cc(-c3ccc[n+](CC(=O)c4cc([N+](=O)[O-])cs4)c3)n[nH]2)n1.[Br-]. The van der Waals surface area contributed by atoms with Gasteiger partial charge in [0.1, 0.15) is 0 Å². The molecule has 31 heavy (non-hydrogen) atoms. The molecule has 4 aromatic heterocycles. The molecule has 4 heterocycles. The third-order valence-electron chi connectivity index (χ3n) is 4.61. The molecule has 4 aromatic rings. The molecule has 9 nitrogen and oxygen atoms in total. The molecule has 4 rings (SSSR count). The summed E-state index contributed by atoms with van der Waals surface area (Å²) < 4.78 is 3.66. The first kappa shape index (κ1) is 22.5. The highest BCUT2D eigenvalue weighted by atomic mass is 79.9. The van der Waals surface area contributed by atoms with Gasteiger partial charge in [0.05, 0.1) is 44.4 Å². The monoisotopic (exact) mass is 502 g/mol. The van der Waals surface area contributed by atoms with Crippen molar-refractivity contribution in [2.75, 3.05) is 0 Å². The fourth-order valence-corrected chi connectivity index (χ4v) is 3.96. The molecule has 0 aliphatic heterocycles. The highest BCUT2D eigenvalue weighted by Crippen LogP contribution is 2.22. The average Bonchev–Trinajstić information content (AvgIpc) is 3.43. The zero-order chi connectivity index (χ0) is 21.3. The van der Waals surface area contributed by atoms with Crippen LogP contribution >= 0.6 is 11.3 Å². The Kier molecular flexibility index (Phi) is 6.76. The normalized spacial score (nSPS) is 10.6. The molecule has 0 radical (unpaired) electrons. The predicted molar refractivity (Wildman–Crippen MR) is 110 cm³/mol. The van der Waals surface area contributed by atoms with Crippen molar-refractivity contribution in [1.82, 2.24) is 20.0 Å². The molecule has 11 heteroatoms. The Bertz CT molecular complexity index is 1250. The lowest BCUT2D eigenvalue weighted by molar-refractivity contribution is -0.682. The maximum atomic E-state index is 12.5. The van der Waals surface area contributed by atoms with Crippen LogP contribution in [0.25, 0.3) is 11.3 Å². The van der Waals surface area contributed by atoms with E-state index in [0.717, 1.165) is 39.7 Å². The number of nitro groups is 1. The fourth-order valence-electron chi connectivity index (χ4n) is 3.17. The molecule has 0 spiro atoms. The quantitative estimate of drug-likeness (QED) is 0.166. The molecular weight excluding hydrogens is 484 g/mol. The number of halogens is 1. The third kappa shape index (κ3) is 5.12. The van der Waals surface area contributed by atoms with Crippen LogP contribution in [-0.4, -0.2) is 30.7 Å². The lowest BCUT2D eigenvalue weighted by Gasteiger charge is -2.01. The summed E-state index contributed by atoms with van der Waals surface area (Å²) in [6.07, 6.45) is 3.62. The average molecular weight is 503 g/mol. The Morgan fingerprint density at radius 2 is 2.13 bits per heavy atom. The summed E-state index contributed by atoms with van der Waals surface area (Å²) in [6, 6.07) is 9.06. The fraction of sp³-hybridized carbons (Fsp3) is 0.200. The van der Waals surface area contributed by atoms with Gasteiger partial charge in [0, 0.05) is 17.8 Å². The van der Waals surface area contributed by atoms with Gasteiger partial charge in [-0.1, -0.05) is 0 Å². The number of aromatic nitrogens is 5. The van der Waals surface area contributed by atoms with E-state index in [4.69, 9.17) is 0 Å². The van der Waals surface area contributed by atoms with Gasteiger partial charge in [-0.2, -0.15) is 14.8 Å². The van der Waals surface area contributed by atoms with Gasteiger partial charge in [0.25, 0.3) is 5.69 Å². The highest BCUT2D eigenvalue weighted by molar-refractivity contribution is 7.12. The Morgan fingerprint density at radius 3 is 2.81 bits per heavy atom. The minimum atomic E-state index is -0.498. The Labute approximate surface area is 192 Å².